The van der Waals surface area contributed by atoms with Crippen LogP contribution in [0.15, 0.2) is 41.2 Å². The average molecular weight is 329 g/mol. The molecule has 3 N–H and O–H groups in total. The van der Waals surface area contributed by atoms with Gasteiger partial charge in [0.25, 0.3) is 5.91 Å². The Bertz CT molecular complexity index is 1010. The van der Waals surface area contributed by atoms with E-state index >= 15 is 0 Å². The van der Waals surface area contributed by atoms with Gasteiger partial charge in [0, 0.05) is 10.1 Å². The molecule has 0 aliphatic heterocycles. The molecule has 0 saturated heterocycles. The van der Waals surface area contributed by atoms with Crippen LogP contribution in [0.2, 0.25) is 0 Å². The van der Waals surface area contributed by atoms with Gasteiger partial charge in [-0.25, -0.2) is 0 Å². The fraction of sp³-hybridized carbons (Fsp3) is 0.0625. The number of carboxylic acids is 1. The fourth-order valence-electron chi connectivity index (χ4n) is 2.36. The predicted octanol–water partition coefficient (Wildman–Crippen LogP) is 1.93. The molecule has 116 valence electrons. The normalized spacial score (nSPS) is 10.8. The first kappa shape index (κ1) is 15.0. The molecule has 0 unspecified atom stereocenters. The van der Waals surface area contributed by atoms with Crippen molar-refractivity contribution < 1.29 is 19.8 Å². The van der Waals surface area contributed by atoms with Gasteiger partial charge in [0.15, 0.2) is 5.06 Å². The van der Waals surface area contributed by atoms with Gasteiger partial charge in [-0.15, -0.1) is 0 Å². The summed E-state index contributed by atoms with van der Waals surface area (Å²) >= 11 is 0.922. The number of aromatic hydroxyl groups is 1. The third kappa shape index (κ3) is 2.62. The molecule has 6 nitrogen and oxygen atoms in total. The summed E-state index contributed by atoms with van der Waals surface area (Å²) in [7, 11) is 0. The zero-order valence-electron chi connectivity index (χ0n) is 11.7. The van der Waals surface area contributed by atoms with E-state index in [0.29, 0.717) is 10.1 Å². The molecule has 1 amide bonds. The SMILES string of the molecule is O=C(O)CNC(=O)c1c(O)sc2c(ccc3ccccc32)c1=O. The maximum absolute atomic E-state index is 12.5. The minimum atomic E-state index is -1.24. The summed E-state index contributed by atoms with van der Waals surface area (Å²) in [6, 6.07) is 10.8. The molecule has 2 aromatic carbocycles. The number of nitrogens with one attached hydrogen (secondary N) is 1. The highest BCUT2D eigenvalue weighted by molar-refractivity contribution is 7.21. The minimum absolute atomic E-state index is 0.312. The van der Waals surface area contributed by atoms with Gasteiger partial charge in [0.1, 0.15) is 12.1 Å². The van der Waals surface area contributed by atoms with Crippen LogP contribution in [0.1, 0.15) is 10.4 Å². The van der Waals surface area contributed by atoms with E-state index in [4.69, 9.17) is 5.11 Å². The van der Waals surface area contributed by atoms with Crippen LogP contribution in [0.25, 0.3) is 20.9 Å². The maximum Gasteiger partial charge on any atom is 0.322 e. The minimum Gasteiger partial charge on any atom is -0.499 e. The van der Waals surface area contributed by atoms with Crippen molar-refractivity contribution in [1.82, 2.24) is 5.32 Å². The quantitative estimate of drug-likeness (QED) is 0.637. The van der Waals surface area contributed by atoms with Gasteiger partial charge in [0.2, 0.25) is 5.43 Å². The van der Waals surface area contributed by atoms with Crippen LogP contribution in [-0.4, -0.2) is 28.6 Å². The van der Waals surface area contributed by atoms with Gasteiger partial charge >= 0.3 is 5.97 Å². The molecule has 7 heteroatoms. The number of aliphatic carboxylic acids is 1. The highest BCUT2D eigenvalue weighted by atomic mass is 32.1. The number of carbonyl (C=O) groups is 2. The monoisotopic (exact) mass is 329 g/mol. The Morgan fingerprint density at radius 1 is 1.09 bits per heavy atom. The van der Waals surface area contributed by atoms with Crippen LogP contribution in [-0.2, 0) is 4.79 Å². The molecule has 0 aliphatic rings. The summed E-state index contributed by atoms with van der Waals surface area (Å²) < 4.78 is 0.584. The Hall–Kier alpha value is -2.93. The third-order valence-corrected chi connectivity index (χ3v) is 4.43. The van der Waals surface area contributed by atoms with E-state index in [1.807, 2.05) is 24.3 Å². The van der Waals surface area contributed by atoms with Crippen molar-refractivity contribution in [2.75, 3.05) is 6.54 Å². The van der Waals surface area contributed by atoms with Gasteiger partial charge < -0.3 is 15.5 Å². The predicted molar refractivity (Wildman–Crippen MR) is 87.2 cm³/mol. The van der Waals surface area contributed by atoms with Crippen molar-refractivity contribution in [3.63, 3.8) is 0 Å². The Morgan fingerprint density at radius 3 is 2.57 bits per heavy atom. The summed E-state index contributed by atoms with van der Waals surface area (Å²) in [5, 5.41) is 22.4. The number of hydrogen-bond donors (Lipinski definition) is 3. The number of fused-ring (bicyclic) bond motifs is 3. The van der Waals surface area contributed by atoms with Crippen molar-refractivity contribution in [1.29, 1.82) is 0 Å². The number of amides is 1. The van der Waals surface area contributed by atoms with Crippen LogP contribution in [0.5, 0.6) is 5.06 Å². The second-order valence-corrected chi connectivity index (χ2v) is 5.85. The number of carboxylic acid groups (broad SMARTS) is 1. The number of benzene rings is 2. The molecule has 0 radical (unpaired) electrons. The summed E-state index contributed by atoms with van der Waals surface area (Å²) in [4.78, 5) is 35.0. The van der Waals surface area contributed by atoms with Crippen LogP contribution < -0.4 is 10.7 Å². The van der Waals surface area contributed by atoms with E-state index in [9.17, 15) is 19.5 Å². The Morgan fingerprint density at radius 2 is 1.83 bits per heavy atom. The van der Waals surface area contributed by atoms with E-state index in [0.717, 1.165) is 22.1 Å². The molecule has 3 aromatic rings. The topological polar surface area (TPSA) is 104 Å². The van der Waals surface area contributed by atoms with E-state index in [1.165, 1.54) is 0 Å². The van der Waals surface area contributed by atoms with E-state index < -0.39 is 34.5 Å². The molecule has 1 heterocycles. The second kappa shape index (κ2) is 5.69. The van der Waals surface area contributed by atoms with E-state index in [1.54, 1.807) is 12.1 Å². The lowest BCUT2D eigenvalue weighted by Gasteiger charge is -2.07. The molecule has 0 spiro atoms. The Labute approximate surface area is 133 Å². The molecule has 23 heavy (non-hydrogen) atoms. The third-order valence-electron chi connectivity index (χ3n) is 3.39. The van der Waals surface area contributed by atoms with E-state index in [-0.39, 0.29) is 0 Å². The van der Waals surface area contributed by atoms with Crippen molar-refractivity contribution in [2.45, 2.75) is 0 Å². The first-order chi connectivity index (χ1) is 11.0. The second-order valence-electron chi connectivity index (χ2n) is 4.85. The Kier molecular flexibility index (Phi) is 3.71. The zero-order chi connectivity index (χ0) is 16.6. The van der Waals surface area contributed by atoms with Crippen LogP contribution in [0.4, 0.5) is 0 Å². The lowest BCUT2D eigenvalue weighted by atomic mass is 10.1. The van der Waals surface area contributed by atoms with Gasteiger partial charge in [-0.3, -0.25) is 14.4 Å². The number of hydrogen-bond acceptors (Lipinski definition) is 5. The van der Waals surface area contributed by atoms with Crippen molar-refractivity contribution in [3.8, 4) is 5.06 Å². The highest BCUT2D eigenvalue weighted by Crippen LogP contribution is 2.33. The fourth-order valence-corrected chi connectivity index (χ4v) is 3.40. The zero-order valence-corrected chi connectivity index (χ0v) is 12.5. The lowest BCUT2D eigenvalue weighted by Crippen LogP contribution is -2.32. The molecule has 0 fully saturated rings. The standard InChI is InChI=1S/C16H11NO5S/c18-11(19)7-17-15(21)12-13(20)10-6-5-8-3-1-2-4-9(8)14(10)23-16(12)22/h1-6,22H,7H2,(H,17,21)(H,18,19). The van der Waals surface area contributed by atoms with E-state index in [2.05, 4.69) is 5.32 Å². The van der Waals surface area contributed by atoms with Gasteiger partial charge in [-0.2, -0.15) is 0 Å². The van der Waals surface area contributed by atoms with Crippen molar-refractivity contribution >= 4 is 44.1 Å². The first-order valence-electron chi connectivity index (χ1n) is 6.66. The molecule has 3 rings (SSSR count). The highest BCUT2D eigenvalue weighted by Gasteiger charge is 2.20. The van der Waals surface area contributed by atoms with Gasteiger partial charge in [0.05, 0.1) is 0 Å². The lowest BCUT2D eigenvalue weighted by molar-refractivity contribution is -0.135. The molecular weight excluding hydrogens is 318 g/mol. The summed E-state index contributed by atoms with van der Waals surface area (Å²) in [5.41, 5.74) is -1.05. The largest absolute Gasteiger partial charge is 0.499 e. The molecule has 1 aromatic heterocycles. The maximum atomic E-state index is 12.5. The summed E-state index contributed by atoms with van der Waals surface area (Å²) in [6.07, 6.45) is 0. The summed E-state index contributed by atoms with van der Waals surface area (Å²) in [6.45, 7) is -0.627. The number of carbonyl (C=O) groups excluding carboxylic acids is 1. The number of rotatable bonds is 3. The smallest absolute Gasteiger partial charge is 0.322 e. The molecular formula is C16H11NO5S. The van der Waals surface area contributed by atoms with Crippen molar-refractivity contribution in [3.05, 3.63) is 52.2 Å². The van der Waals surface area contributed by atoms with Gasteiger partial charge in [-0.1, -0.05) is 41.7 Å². The van der Waals surface area contributed by atoms with Gasteiger partial charge in [-0.05, 0) is 16.8 Å². The van der Waals surface area contributed by atoms with Crippen LogP contribution in [0, 0.1) is 0 Å². The first-order valence-corrected chi connectivity index (χ1v) is 7.48. The molecule has 0 bridgehead atoms. The molecule has 0 atom stereocenters. The van der Waals surface area contributed by atoms with Crippen LogP contribution in [0.3, 0.4) is 0 Å². The Balaban J connectivity index is 2.22. The molecule has 0 aliphatic carbocycles. The molecule has 0 saturated carbocycles. The van der Waals surface area contributed by atoms with Crippen molar-refractivity contribution in [2.24, 2.45) is 0 Å². The average Bonchev–Trinajstić information content (AvgIpc) is 2.52. The summed E-state index contributed by atoms with van der Waals surface area (Å²) in [5.74, 6) is -2.14. The van der Waals surface area contributed by atoms with Crippen LogP contribution >= 0.6 is 11.3 Å².